The van der Waals surface area contributed by atoms with Gasteiger partial charge < -0.3 is 24.1 Å². The quantitative estimate of drug-likeness (QED) is 0.169. The van der Waals surface area contributed by atoms with Crippen molar-refractivity contribution in [2.24, 2.45) is 0 Å². The number of aromatic nitrogens is 6. The number of hydrogen-bond donors (Lipinski definition) is 2. The SMILES string of the molecule is CCc1ccc(O)c(-n2[nH]c(=O)n(-c3ccc(OCCOCCOCc4cn(CCCCCOC)nn4)cc3)c2=O)c1. The van der Waals surface area contributed by atoms with Crippen molar-refractivity contribution in [1.82, 2.24) is 29.3 Å². The van der Waals surface area contributed by atoms with E-state index in [4.69, 9.17) is 18.9 Å². The summed E-state index contributed by atoms with van der Waals surface area (Å²) in [5.41, 5.74) is 1.04. The Labute approximate surface area is 243 Å². The van der Waals surface area contributed by atoms with Gasteiger partial charge >= 0.3 is 11.4 Å². The zero-order chi connectivity index (χ0) is 29.7. The molecule has 0 saturated carbocycles. The number of phenols is 1. The van der Waals surface area contributed by atoms with Crippen LogP contribution in [0, 0.1) is 0 Å². The monoisotopic (exact) mass is 582 g/mol. The number of benzene rings is 2. The molecule has 13 heteroatoms. The third-order valence-electron chi connectivity index (χ3n) is 6.52. The molecular weight excluding hydrogens is 544 g/mol. The lowest BCUT2D eigenvalue weighted by Crippen LogP contribution is -2.26. The predicted octanol–water partition coefficient (Wildman–Crippen LogP) is 2.60. The Morgan fingerprint density at radius 3 is 2.50 bits per heavy atom. The maximum Gasteiger partial charge on any atom is 0.356 e. The van der Waals surface area contributed by atoms with E-state index in [9.17, 15) is 14.7 Å². The third kappa shape index (κ3) is 8.41. The molecule has 2 N–H and O–H groups in total. The van der Waals surface area contributed by atoms with E-state index in [0.717, 1.165) is 59.3 Å². The van der Waals surface area contributed by atoms with E-state index in [1.807, 2.05) is 17.8 Å². The Balaban J connectivity index is 1.16. The van der Waals surface area contributed by atoms with Gasteiger partial charge in [-0.1, -0.05) is 18.2 Å². The van der Waals surface area contributed by atoms with Crippen LogP contribution >= 0.6 is 0 Å². The molecule has 0 unspecified atom stereocenters. The number of aromatic amines is 1. The molecule has 13 nitrogen and oxygen atoms in total. The largest absolute Gasteiger partial charge is 0.506 e. The highest BCUT2D eigenvalue weighted by Gasteiger charge is 2.15. The zero-order valence-electron chi connectivity index (χ0n) is 24.0. The second-order valence-electron chi connectivity index (χ2n) is 9.58. The Kier molecular flexibility index (Phi) is 11.5. The summed E-state index contributed by atoms with van der Waals surface area (Å²) in [4.78, 5) is 25.6. The molecule has 0 spiro atoms. The van der Waals surface area contributed by atoms with E-state index in [-0.39, 0.29) is 11.4 Å². The lowest BCUT2D eigenvalue weighted by atomic mass is 10.1. The van der Waals surface area contributed by atoms with Gasteiger partial charge in [-0.15, -0.1) is 5.10 Å². The lowest BCUT2D eigenvalue weighted by molar-refractivity contribution is 0.0294. The Morgan fingerprint density at radius 1 is 0.929 bits per heavy atom. The fraction of sp³-hybridized carbons (Fsp3) is 0.448. The molecule has 2 heterocycles. The summed E-state index contributed by atoms with van der Waals surface area (Å²) in [5.74, 6) is 0.461. The Bertz CT molecular complexity index is 1510. The number of hydrogen-bond acceptors (Lipinski definition) is 9. The molecule has 0 amide bonds. The fourth-order valence-corrected chi connectivity index (χ4v) is 4.26. The first-order valence-electron chi connectivity index (χ1n) is 14.0. The molecule has 42 heavy (non-hydrogen) atoms. The first kappa shape index (κ1) is 30.8. The number of H-pyrrole nitrogens is 1. The number of phenolic OH excluding ortho intramolecular Hbond substituents is 1. The molecule has 0 radical (unpaired) electrons. The van der Waals surface area contributed by atoms with Gasteiger partial charge in [-0.3, -0.25) is 4.68 Å². The van der Waals surface area contributed by atoms with Crippen molar-refractivity contribution >= 4 is 0 Å². The molecule has 0 aliphatic carbocycles. The average molecular weight is 583 g/mol. The van der Waals surface area contributed by atoms with E-state index in [1.54, 1.807) is 43.5 Å². The molecule has 0 fully saturated rings. The Hall–Kier alpha value is -4.20. The highest BCUT2D eigenvalue weighted by Crippen LogP contribution is 2.21. The number of nitrogens with zero attached hydrogens (tertiary/aromatic N) is 5. The molecule has 0 saturated heterocycles. The highest BCUT2D eigenvalue weighted by molar-refractivity contribution is 5.47. The smallest absolute Gasteiger partial charge is 0.356 e. The van der Waals surface area contributed by atoms with Crippen LogP contribution in [0.2, 0.25) is 0 Å². The number of methoxy groups -OCH3 is 1. The number of nitrogens with one attached hydrogen (secondary N) is 1. The van der Waals surface area contributed by atoms with Gasteiger partial charge in [0, 0.05) is 20.3 Å². The van der Waals surface area contributed by atoms with Crippen LogP contribution in [-0.2, 0) is 33.8 Å². The van der Waals surface area contributed by atoms with Gasteiger partial charge in [0.1, 0.15) is 29.5 Å². The van der Waals surface area contributed by atoms with Gasteiger partial charge in [0.2, 0.25) is 0 Å². The number of aromatic hydroxyl groups is 1. The molecule has 0 aliphatic rings. The molecule has 2 aromatic heterocycles. The molecule has 4 rings (SSSR count). The summed E-state index contributed by atoms with van der Waals surface area (Å²) < 4.78 is 25.8. The van der Waals surface area contributed by atoms with Gasteiger partial charge in [0.25, 0.3) is 0 Å². The van der Waals surface area contributed by atoms with E-state index < -0.39 is 11.4 Å². The molecule has 0 bridgehead atoms. The van der Waals surface area contributed by atoms with E-state index in [1.165, 1.54) is 6.07 Å². The van der Waals surface area contributed by atoms with Gasteiger partial charge in [-0.25, -0.2) is 19.3 Å². The molecular formula is C29H38N6O7. The minimum Gasteiger partial charge on any atom is -0.506 e. The number of ether oxygens (including phenoxy) is 4. The van der Waals surface area contributed by atoms with Crippen LogP contribution < -0.4 is 16.1 Å². The van der Waals surface area contributed by atoms with Crippen LogP contribution in [0.5, 0.6) is 11.5 Å². The second-order valence-corrected chi connectivity index (χ2v) is 9.58. The van der Waals surface area contributed by atoms with Crippen LogP contribution in [0.15, 0.2) is 58.3 Å². The summed E-state index contributed by atoms with van der Waals surface area (Å²) in [7, 11) is 1.71. The van der Waals surface area contributed by atoms with Crippen molar-refractivity contribution in [2.75, 3.05) is 40.1 Å². The molecule has 2 aromatic carbocycles. The molecule has 226 valence electrons. The summed E-state index contributed by atoms with van der Waals surface area (Å²) in [6.07, 6.45) is 5.78. The lowest BCUT2D eigenvalue weighted by Gasteiger charge is -2.08. The van der Waals surface area contributed by atoms with Crippen molar-refractivity contribution in [3.8, 4) is 22.9 Å². The van der Waals surface area contributed by atoms with Crippen molar-refractivity contribution in [1.29, 1.82) is 0 Å². The van der Waals surface area contributed by atoms with Gasteiger partial charge in [0.15, 0.2) is 0 Å². The average Bonchev–Trinajstić information content (AvgIpc) is 3.57. The standard InChI is InChI=1S/C29H38N6O7/c1-3-22-7-12-27(36)26(19-22)35-29(38)34(28(37)31-35)24-8-10-25(11-9-24)42-18-17-40-15-16-41-21-23-20-33(32-30-23)13-5-4-6-14-39-2/h7-12,19-20,36H,3-6,13-18,21H2,1-2H3,(H,31,37). The van der Waals surface area contributed by atoms with Crippen molar-refractivity contribution < 1.29 is 24.1 Å². The maximum absolute atomic E-state index is 13.0. The van der Waals surface area contributed by atoms with Crippen LogP contribution in [0.25, 0.3) is 11.4 Å². The fourth-order valence-electron chi connectivity index (χ4n) is 4.26. The van der Waals surface area contributed by atoms with Crippen molar-refractivity contribution in [3.63, 3.8) is 0 Å². The van der Waals surface area contributed by atoms with Gasteiger partial charge in [-0.05, 0) is 67.6 Å². The third-order valence-corrected chi connectivity index (χ3v) is 6.52. The Morgan fingerprint density at radius 2 is 1.71 bits per heavy atom. The topological polar surface area (TPSA) is 148 Å². The summed E-state index contributed by atoms with van der Waals surface area (Å²) in [6.45, 7) is 5.46. The van der Waals surface area contributed by atoms with Crippen LogP contribution in [0.4, 0.5) is 0 Å². The summed E-state index contributed by atoms with van der Waals surface area (Å²) in [5, 5.41) is 21.0. The minimum absolute atomic E-state index is 0.107. The van der Waals surface area contributed by atoms with Gasteiger partial charge in [0.05, 0.1) is 38.3 Å². The number of aryl methyl sites for hydroxylation is 2. The number of unbranched alkanes of at least 4 members (excludes halogenated alkanes) is 2. The zero-order valence-corrected chi connectivity index (χ0v) is 24.0. The summed E-state index contributed by atoms with van der Waals surface area (Å²) in [6, 6.07) is 11.5. The number of rotatable bonds is 18. The maximum atomic E-state index is 13.0. The van der Waals surface area contributed by atoms with Crippen molar-refractivity contribution in [3.05, 3.63) is 80.9 Å². The van der Waals surface area contributed by atoms with Crippen molar-refractivity contribution in [2.45, 2.75) is 45.8 Å². The van der Waals surface area contributed by atoms with Crippen LogP contribution in [0.3, 0.4) is 0 Å². The van der Waals surface area contributed by atoms with Crippen LogP contribution in [-0.4, -0.2) is 74.6 Å². The normalized spacial score (nSPS) is 11.3. The summed E-state index contributed by atoms with van der Waals surface area (Å²) >= 11 is 0. The molecule has 0 atom stereocenters. The molecule has 0 aliphatic heterocycles. The van der Waals surface area contributed by atoms with Crippen LogP contribution in [0.1, 0.15) is 37.4 Å². The van der Waals surface area contributed by atoms with Gasteiger partial charge in [-0.2, -0.15) is 4.68 Å². The molecule has 4 aromatic rings. The van der Waals surface area contributed by atoms with E-state index >= 15 is 0 Å². The van der Waals surface area contributed by atoms with E-state index in [2.05, 4.69) is 15.4 Å². The predicted molar refractivity (Wildman–Crippen MR) is 155 cm³/mol. The second kappa shape index (κ2) is 15.7. The van der Waals surface area contributed by atoms with E-state index in [0.29, 0.717) is 44.5 Å². The first-order chi connectivity index (χ1) is 20.5. The highest BCUT2D eigenvalue weighted by atomic mass is 16.5. The minimum atomic E-state index is -0.621. The first-order valence-corrected chi connectivity index (χ1v) is 14.0.